The van der Waals surface area contributed by atoms with E-state index in [1.165, 1.54) is 0 Å². The normalized spacial score (nSPS) is 10.7. The van der Waals surface area contributed by atoms with E-state index in [-0.39, 0.29) is 0 Å². The van der Waals surface area contributed by atoms with Crippen molar-refractivity contribution in [2.45, 2.75) is 20.0 Å². The predicted octanol–water partition coefficient (Wildman–Crippen LogP) is 2.00. The van der Waals surface area contributed by atoms with Crippen LogP contribution in [0.2, 0.25) is 0 Å². The highest BCUT2D eigenvalue weighted by molar-refractivity contribution is 7.15. The summed E-state index contributed by atoms with van der Waals surface area (Å²) in [6.07, 6.45) is 0. The molecule has 2 rings (SSSR count). The van der Waals surface area contributed by atoms with Gasteiger partial charge in [0, 0.05) is 23.8 Å². The molecule has 86 valence electrons. The molecule has 6 heteroatoms. The maximum atomic E-state index is 5.64. The highest BCUT2D eigenvalue weighted by atomic mass is 32.1. The van der Waals surface area contributed by atoms with Crippen LogP contribution in [0.15, 0.2) is 10.9 Å². The van der Waals surface area contributed by atoms with Crippen LogP contribution in [0.1, 0.15) is 16.3 Å². The molecule has 0 amide bonds. The van der Waals surface area contributed by atoms with E-state index in [2.05, 4.69) is 20.2 Å². The van der Waals surface area contributed by atoms with Crippen molar-refractivity contribution in [1.29, 1.82) is 0 Å². The fourth-order valence-corrected chi connectivity index (χ4v) is 2.84. The van der Waals surface area contributed by atoms with Gasteiger partial charge in [0.2, 0.25) is 0 Å². The first-order valence-corrected chi connectivity index (χ1v) is 6.71. The first-order chi connectivity index (χ1) is 7.70. The van der Waals surface area contributed by atoms with Crippen molar-refractivity contribution in [3.8, 4) is 0 Å². The number of aromatic nitrogens is 2. The molecule has 0 atom stereocenters. The first kappa shape index (κ1) is 11.5. The van der Waals surface area contributed by atoms with Crippen molar-refractivity contribution < 1.29 is 0 Å². The van der Waals surface area contributed by atoms with Crippen LogP contribution in [-0.2, 0) is 13.1 Å². The monoisotopic (exact) mass is 254 g/mol. The zero-order valence-corrected chi connectivity index (χ0v) is 10.9. The zero-order valence-electron chi connectivity index (χ0n) is 9.30. The second-order valence-corrected chi connectivity index (χ2v) is 5.33. The molecule has 2 heterocycles. The number of thiazole rings is 2. The van der Waals surface area contributed by atoms with Gasteiger partial charge in [-0.25, -0.2) is 9.97 Å². The number of rotatable bonds is 4. The van der Waals surface area contributed by atoms with E-state index in [1.54, 1.807) is 22.7 Å². The Bertz CT molecular complexity index is 449. The fraction of sp³-hybridized carbons (Fsp3) is 0.400. The molecule has 0 aliphatic rings. The van der Waals surface area contributed by atoms with Crippen molar-refractivity contribution in [1.82, 2.24) is 9.97 Å². The third-order valence-corrected chi connectivity index (χ3v) is 4.21. The molecule has 0 fully saturated rings. The zero-order chi connectivity index (χ0) is 11.5. The number of nitrogens with zero attached hydrogens (tertiary/aromatic N) is 3. The Labute approximate surface area is 103 Å². The van der Waals surface area contributed by atoms with Gasteiger partial charge in [0.1, 0.15) is 0 Å². The van der Waals surface area contributed by atoms with Crippen LogP contribution in [-0.4, -0.2) is 17.0 Å². The van der Waals surface area contributed by atoms with E-state index in [1.807, 2.05) is 19.5 Å². The maximum absolute atomic E-state index is 5.64. The highest BCUT2D eigenvalue weighted by Gasteiger charge is 2.10. The molecule has 0 aliphatic carbocycles. The SMILES string of the molecule is Cc1nc(N(C)Cc2cscn2)sc1CN. The topological polar surface area (TPSA) is 55.0 Å². The van der Waals surface area contributed by atoms with Gasteiger partial charge in [-0.2, -0.15) is 0 Å². The molecule has 2 N–H and O–H groups in total. The summed E-state index contributed by atoms with van der Waals surface area (Å²) >= 11 is 3.27. The smallest absolute Gasteiger partial charge is 0.185 e. The predicted molar refractivity (Wildman–Crippen MR) is 69.0 cm³/mol. The Morgan fingerprint density at radius 3 is 2.88 bits per heavy atom. The van der Waals surface area contributed by atoms with Gasteiger partial charge >= 0.3 is 0 Å². The van der Waals surface area contributed by atoms with Crippen molar-refractivity contribution in [3.05, 3.63) is 27.2 Å². The Morgan fingerprint density at radius 2 is 2.31 bits per heavy atom. The van der Waals surface area contributed by atoms with Crippen molar-refractivity contribution in [2.24, 2.45) is 5.73 Å². The summed E-state index contributed by atoms with van der Waals surface area (Å²) in [5.41, 5.74) is 9.60. The molecule has 0 aromatic carbocycles. The molecule has 0 spiro atoms. The highest BCUT2D eigenvalue weighted by Crippen LogP contribution is 2.25. The summed E-state index contributed by atoms with van der Waals surface area (Å²) in [6.45, 7) is 3.35. The summed E-state index contributed by atoms with van der Waals surface area (Å²) in [7, 11) is 2.03. The van der Waals surface area contributed by atoms with E-state index in [4.69, 9.17) is 5.73 Å². The summed E-state index contributed by atoms with van der Waals surface area (Å²) < 4.78 is 0. The molecular formula is C10H14N4S2. The Kier molecular flexibility index (Phi) is 3.52. The lowest BCUT2D eigenvalue weighted by molar-refractivity contribution is 0.884. The number of hydrogen-bond acceptors (Lipinski definition) is 6. The summed E-state index contributed by atoms with van der Waals surface area (Å²) in [5.74, 6) is 0. The minimum absolute atomic E-state index is 0.564. The van der Waals surface area contributed by atoms with Crippen molar-refractivity contribution in [2.75, 3.05) is 11.9 Å². The van der Waals surface area contributed by atoms with E-state index < -0.39 is 0 Å². The van der Waals surface area contributed by atoms with Crippen LogP contribution in [0, 0.1) is 6.92 Å². The Balaban J connectivity index is 2.11. The Morgan fingerprint density at radius 1 is 1.50 bits per heavy atom. The van der Waals surface area contributed by atoms with Crippen LogP contribution in [0.3, 0.4) is 0 Å². The number of hydrogen-bond donors (Lipinski definition) is 1. The van der Waals surface area contributed by atoms with E-state index in [0.29, 0.717) is 6.54 Å². The van der Waals surface area contributed by atoms with Crippen LogP contribution in [0.25, 0.3) is 0 Å². The van der Waals surface area contributed by atoms with E-state index in [9.17, 15) is 0 Å². The lowest BCUT2D eigenvalue weighted by Gasteiger charge is -2.13. The summed E-state index contributed by atoms with van der Waals surface area (Å²) in [6, 6.07) is 0. The molecule has 4 nitrogen and oxygen atoms in total. The van der Waals surface area contributed by atoms with E-state index in [0.717, 1.165) is 27.9 Å². The quantitative estimate of drug-likeness (QED) is 0.906. The molecule has 0 radical (unpaired) electrons. The van der Waals surface area contributed by atoms with Crippen molar-refractivity contribution >= 4 is 27.8 Å². The second kappa shape index (κ2) is 4.90. The van der Waals surface area contributed by atoms with Gasteiger partial charge in [-0.1, -0.05) is 0 Å². The van der Waals surface area contributed by atoms with Gasteiger partial charge in [0.15, 0.2) is 5.13 Å². The largest absolute Gasteiger partial charge is 0.345 e. The van der Waals surface area contributed by atoms with Crippen LogP contribution >= 0.6 is 22.7 Å². The molecule has 2 aromatic rings. The molecule has 0 bridgehead atoms. The summed E-state index contributed by atoms with van der Waals surface area (Å²) in [4.78, 5) is 12.0. The molecule has 0 aliphatic heterocycles. The molecule has 16 heavy (non-hydrogen) atoms. The first-order valence-electron chi connectivity index (χ1n) is 4.95. The third-order valence-electron chi connectivity index (χ3n) is 2.28. The Hall–Kier alpha value is -0.980. The molecule has 0 unspecified atom stereocenters. The maximum Gasteiger partial charge on any atom is 0.185 e. The molecule has 0 saturated heterocycles. The summed E-state index contributed by atoms with van der Waals surface area (Å²) in [5, 5.41) is 3.06. The lowest BCUT2D eigenvalue weighted by Crippen LogP contribution is -2.16. The third kappa shape index (κ3) is 2.40. The average molecular weight is 254 g/mol. The van der Waals surface area contributed by atoms with Gasteiger partial charge < -0.3 is 10.6 Å². The molecule has 0 saturated carbocycles. The minimum Gasteiger partial charge on any atom is -0.345 e. The van der Waals surface area contributed by atoms with Gasteiger partial charge in [-0.15, -0.1) is 22.7 Å². The average Bonchev–Trinajstić information content (AvgIpc) is 2.87. The minimum atomic E-state index is 0.564. The standard InChI is InChI=1S/C10H14N4S2/c1-7-9(3-11)16-10(13-7)14(2)4-8-5-15-6-12-8/h5-6H,3-4,11H2,1-2H3. The van der Waals surface area contributed by atoms with Gasteiger partial charge in [-0.05, 0) is 6.92 Å². The van der Waals surface area contributed by atoms with Crippen molar-refractivity contribution in [3.63, 3.8) is 0 Å². The van der Waals surface area contributed by atoms with Gasteiger partial charge in [0.05, 0.1) is 23.4 Å². The van der Waals surface area contributed by atoms with Crippen LogP contribution in [0.4, 0.5) is 5.13 Å². The van der Waals surface area contributed by atoms with Crippen LogP contribution < -0.4 is 10.6 Å². The van der Waals surface area contributed by atoms with Gasteiger partial charge in [0.25, 0.3) is 0 Å². The second-order valence-electron chi connectivity index (χ2n) is 3.54. The number of nitrogens with two attached hydrogens (primary N) is 1. The number of anilines is 1. The molecule has 2 aromatic heterocycles. The fourth-order valence-electron chi connectivity index (χ4n) is 1.39. The van der Waals surface area contributed by atoms with Gasteiger partial charge in [-0.3, -0.25) is 0 Å². The van der Waals surface area contributed by atoms with Crippen LogP contribution in [0.5, 0.6) is 0 Å². The number of aryl methyl sites for hydroxylation is 1. The van der Waals surface area contributed by atoms with E-state index >= 15 is 0 Å². The lowest BCUT2D eigenvalue weighted by atomic mass is 10.4. The molecular weight excluding hydrogens is 240 g/mol.